The molecule has 2 aromatic heterocycles. The minimum absolute atomic E-state index is 0.313. The van der Waals surface area contributed by atoms with Gasteiger partial charge < -0.3 is 10.4 Å². The van der Waals surface area contributed by atoms with E-state index in [1.54, 1.807) is 12.1 Å². The van der Waals surface area contributed by atoms with Crippen molar-refractivity contribution in [3.63, 3.8) is 0 Å². The van der Waals surface area contributed by atoms with Crippen LogP contribution in [0.5, 0.6) is 0 Å². The molecule has 2 heterocycles. The number of carbonyl (C=O) groups is 2. The Morgan fingerprint density at radius 1 is 1.32 bits per heavy atom. The maximum absolute atomic E-state index is 11.7. The molecule has 2 aromatic rings. The highest BCUT2D eigenvalue weighted by Crippen LogP contribution is 2.09. The molecule has 0 aliphatic rings. The molecule has 7 heteroatoms. The third-order valence-corrected chi connectivity index (χ3v) is 2.19. The summed E-state index contributed by atoms with van der Waals surface area (Å²) in [6.45, 7) is 0. The minimum Gasteiger partial charge on any atom is -0.478 e. The Morgan fingerprint density at radius 2 is 2.16 bits per heavy atom. The number of anilines is 1. The molecule has 0 atom stereocenters. The molecular formula is C12H10N4O3. The molecule has 7 nitrogen and oxygen atoms in total. The molecule has 0 saturated carbocycles. The molecule has 0 spiro atoms. The Labute approximate surface area is 108 Å². The van der Waals surface area contributed by atoms with Crippen molar-refractivity contribution in [2.75, 3.05) is 5.32 Å². The van der Waals surface area contributed by atoms with Gasteiger partial charge in [0.2, 0.25) is 0 Å². The van der Waals surface area contributed by atoms with Crippen molar-refractivity contribution in [2.45, 2.75) is 0 Å². The third-order valence-electron chi connectivity index (χ3n) is 2.19. The van der Waals surface area contributed by atoms with Crippen molar-refractivity contribution >= 4 is 23.8 Å². The average molecular weight is 258 g/mol. The van der Waals surface area contributed by atoms with Gasteiger partial charge in [0.25, 0.3) is 5.91 Å². The SMILES string of the molecule is O=C(O)/C=C/c1ccnc(NC(=O)c2ccn[nH]2)c1. The normalized spacial score (nSPS) is 10.5. The maximum atomic E-state index is 11.7. The van der Waals surface area contributed by atoms with Crippen molar-refractivity contribution in [2.24, 2.45) is 0 Å². The number of rotatable bonds is 4. The first kappa shape index (κ1) is 12.5. The molecule has 1 amide bonds. The van der Waals surface area contributed by atoms with E-state index in [2.05, 4.69) is 20.5 Å². The molecule has 19 heavy (non-hydrogen) atoms. The van der Waals surface area contributed by atoms with Gasteiger partial charge in [0, 0.05) is 18.5 Å². The van der Waals surface area contributed by atoms with Crippen LogP contribution in [0, 0.1) is 0 Å². The summed E-state index contributed by atoms with van der Waals surface area (Å²) in [6.07, 6.45) is 5.37. The molecule has 2 rings (SSSR count). The van der Waals surface area contributed by atoms with Gasteiger partial charge in [0.1, 0.15) is 11.5 Å². The number of aliphatic carboxylic acids is 1. The van der Waals surface area contributed by atoms with Crippen LogP contribution in [0.4, 0.5) is 5.82 Å². The molecule has 0 bridgehead atoms. The van der Waals surface area contributed by atoms with Gasteiger partial charge in [-0.3, -0.25) is 9.89 Å². The zero-order valence-corrected chi connectivity index (χ0v) is 9.70. The van der Waals surface area contributed by atoms with Crippen LogP contribution in [0.3, 0.4) is 0 Å². The number of carboxylic acid groups (broad SMARTS) is 1. The lowest BCUT2D eigenvalue weighted by Crippen LogP contribution is -2.13. The summed E-state index contributed by atoms with van der Waals surface area (Å²) in [5.74, 6) is -1.09. The maximum Gasteiger partial charge on any atom is 0.328 e. The van der Waals surface area contributed by atoms with E-state index in [1.807, 2.05) is 0 Å². The van der Waals surface area contributed by atoms with E-state index in [1.165, 1.54) is 24.5 Å². The fourth-order valence-corrected chi connectivity index (χ4v) is 1.35. The highest BCUT2D eigenvalue weighted by molar-refractivity contribution is 6.02. The quantitative estimate of drug-likeness (QED) is 0.713. The summed E-state index contributed by atoms with van der Waals surface area (Å²) in [5.41, 5.74) is 0.936. The Morgan fingerprint density at radius 3 is 2.84 bits per heavy atom. The molecular weight excluding hydrogens is 248 g/mol. The second-order valence-electron chi connectivity index (χ2n) is 3.57. The van der Waals surface area contributed by atoms with Crippen LogP contribution in [0.25, 0.3) is 6.08 Å². The minimum atomic E-state index is -1.04. The van der Waals surface area contributed by atoms with Gasteiger partial charge in [-0.2, -0.15) is 5.10 Å². The number of hydrogen-bond acceptors (Lipinski definition) is 4. The topological polar surface area (TPSA) is 108 Å². The fourth-order valence-electron chi connectivity index (χ4n) is 1.35. The van der Waals surface area contributed by atoms with Crippen LogP contribution >= 0.6 is 0 Å². The number of hydrogen-bond donors (Lipinski definition) is 3. The van der Waals surface area contributed by atoms with E-state index < -0.39 is 5.97 Å². The smallest absolute Gasteiger partial charge is 0.328 e. The van der Waals surface area contributed by atoms with Crippen LogP contribution in [-0.2, 0) is 4.79 Å². The summed E-state index contributed by atoms with van der Waals surface area (Å²) in [4.78, 5) is 26.1. The Hall–Kier alpha value is -2.96. The third kappa shape index (κ3) is 3.50. The number of nitrogens with one attached hydrogen (secondary N) is 2. The standard InChI is InChI=1S/C12H10N4O3/c17-11(18)2-1-8-3-5-13-10(7-8)15-12(19)9-4-6-14-16-9/h1-7H,(H,14,16)(H,17,18)(H,13,15,19)/b2-1+. The first-order chi connectivity index (χ1) is 9.15. The van der Waals surface area contributed by atoms with E-state index in [0.29, 0.717) is 17.1 Å². The van der Waals surface area contributed by atoms with E-state index >= 15 is 0 Å². The molecule has 0 aromatic carbocycles. The summed E-state index contributed by atoms with van der Waals surface area (Å²) in [7, 11) is 0. The second-order valence-corrected chi connectivity index (χ2v) is 3.57. The summed E-state index contributed by atoms with van der Waals surface area (Å²) in [6, 6.07) is 4.72. The van der Waals surface area contributed by atoms with Crippen LogP contribution < -0.4 is 5.32 Å². The van der Waals surface area contributed by atoms with Crippen molar-refractivity contribution in [1.29, 1.82) is 0 Å². The van der Waals surface area contributed by atoms with E-state index in [4.69, 9.17) is 5.11 Å². The predicted octanol–water partition coefficient (Wildman–Crippen LogP) is 1.15. The summed E-state index contributed by atoms with van der Waals surface area (Å²) in [5, 5.41) is 17.3. The molecule has 0 aliphatic carbocycles. The monoisotopic (exact) mass is 258 g/mol. The molecule has 0 aliphatic heterocycles. The number of carboxylic acids is 1. The van der Waals surface area contributed by atoms with Gasteiger partial charge in [0.15, 0.2) is 0 Å². The Bertz CT molecular complexity index is 620. The average Bonchev–Trinajstić information content (AvgIpc) is 2.91. The molecule has 96 valence electrons. The van der Waals surface area contributed by atoms with Crippen LogP contribution in [0.15, 0.2) is 36.7 Å². The van der Waals surface area contributed by atoms with Gasteiger partial charge in [-0.15, -0.1) is 0 Å². The van der Waals surface area contributed by atoms with Gasteiger partial charge in [0.05, 0.1) is 0 Å². The van der Waals surface area contributed by atoms with E-state index in [0.717, 1.165) is 6.08 Å². The van der Waals surface area contributed by atoms with Crippen LogP contribution in [0.1, 0.15) is 16.1 Å². The summed E-state index contributed by atoms with van der Waals surface area (Å²) < 4.78 is 0. The zero-order valence-electron chi connectivity index (χ0n) is 9.70. The van der Waals surface area contributed by atoms with Gasteiger partial charge in [-0.1, -0.05) is 0 Å². The largest absolute Gasteiger partial charge is 0.478 e. The van der Waals surface area contributed by atoms with Gasteiger partial charge >= 0.3 is 5.97 Å². The van der Waals surface area contributed by atoms with Crippen LogP contribution in [0.2, 0.25) is 0 Å². The number of nitrogens with zero attached hydrogens (tertiary/aromatic N) is 2. The number of H-pyrrole nitrogens is 1. The molecule has 0 fully saturated rings. The molecule has 0 saturated heterocycles. The number of aromatic amines is 1. The number of pyridine rings is 1. The lowest BCUT2D eigenvalue weighted by Gasteiger charge is -2.03. The second kappa shape index (κ2) is 5.58. The molecule has 0 radical (unpaired) electrons. The number of amides is 1. The number of aromatic nitrogens is 3. The van der Waals surface area contributed by atoms with Crippen molar-refractivity contribution in [3.8, 4) is 0 Å². The number of carbonyl (C=O) groups excluding carboxylic acids is 1. The van der Waals surface area contributed by atoms with Crippen molar-refractivity contribution in [1.82, 2.24) is 15.2 Å². The van der Waals surface area contributed by atoms with E-state index in [9.17, 15) is 9.59 Å². The molecule has 3 N–H and O–H groups in total. The Kier molecular flexibility index (Phi) is 3.67. The van der Waals surface area contributed by atoms with Gasteiger partial charge in [-0.25, -0.2) is 9.78 Å². The van der Waals surface area contributed by atoms with Gasteiger partial charge in [-0.05, 0) is 29.8 Å². The first-order valence-electron chi connectivity index (χ1n) is 5.33. The first-order valence-corrected chi connectivity index (χ1v) is 5.33. The van der Waals surface area contributed by atoms with Crippen molar-refractivity contribution < 1.29 is 14.7 Å². The highest BCUT2D eigenvalue weighted by Gasteiger charge is 2.07. The van der Waals surface area contributed by atoms with Crippen molar-refractivity contribution in [3.05, 3.63) is 47.9 Å². The zero-order chi connectivity index (χ0) is 13.7. The fraction of sp³-hybridized carbons (Fsp3) is 0. The lowest BCUT2D eigenvalue weighted by molar-refractivity contribution is -0.131. The lowest BCUT2D eigenvalue weighted by atomic mass is 10.2. The highest BCUT2D eigenvalue weighted by atomic mass is 16.4. The predicted molar refractivity (Wildman–Crippen MR) is 67.4 cm³/mol. The summed E-state index contributed by atoms with van der Waals surface area (Å²) >= 11 is 0. The Balaban J connectivity index is 2.11. The molecule has 0 unspecified atom stereocenters. The van der Waals surface area contributed by atoms with E-state index in [-0.39, 0.29) is 5.91 Å². The van der Waals surface area contributed by atoms with Crippen LogP contribution in [-0.4, -0.2) is 32.2 Å².